The van der Waals surface area contributed by atoms with E-state index >= 15 is 4.79 Å². The third kappa shape index (κ3) is 4.94. The quantitative estimate of drug-likeness (QED) is 0.194. The van der Waals surface area contributed by atoms with Gasteiger partial charge in [-0.25, -0.2) is 4.79 Å². The molecule has 0 amide bonds. The number of likely N-dealkylation sites (N-methyl/N-ethyl adjacent to an activating group) is 1. The Morgan fingerprint density at radius 2 is 1.86 bits per heavy atom. The fourth-order valence-corrected chi connectivity index (χ4v) is 12.9. The smallest absolute Gasteiger partial charge is 0.344 e. The molecule has 3 aromatic rings. The van der Waals surface area contributed by atoms with Gasteiger partial charge in [0.15, 0.2) is 6.10 Å². The number of hydrogen-bond acceptors (Lipinski definition) is 11. The molecule has 6 heterocycles. The fraction of sp³-hybridized carbons (Fsp3) is 0.543. The molecule has 2 aromatic carbocycles. The van der Waals surface area contributed by atoms with Crippen molar-refractivity contribution < 1.29 is 42.5 Å². The number of aliphatic hydroxyl groups is 1. The molecule has 9 atom stereocenters. The molecule has 12 heteroatoms. The molecule has 58 heavy (non-hydrogen) atoms. The van der Waals surface area contributed by atoms with E-state index in [1.54, 1.807) is 0 Å². The number of aromatic nitrogens is 1. The standard InChI is InChI=1S/C46H56N4O8/c1-8-28-21-29-24-45(41(52)56-6,37-31(15-19-49(25-28)26-29)30-13-10-11-14-34(30)47-37)33-22-32-35(23-36(33)55-5)48(4)39-44(32)17-20-50-18-12-16-43(9-2,38(44)50)40(58-27(3)51)46(39,54)42(53)57-7/h10-14,16,21-23,29,38-40,47,54H,8-9,15,17-20,24-26H2,1-7H3/t29-,38-,39?,40-,43-,44-,45-,46+/m1/s1/i6D3. The largest absolute Gasteiger partial charge is 0.496 e. The van der Waals surface area contributed by atoms with Gasteiger partial charge in [0.1, 0.15) is 11.2 Å². The maximum absolute atomic E-state index is 15.6. The molecule has 6 aliphatic rings. The minimum absolute atomic E-state index is 0.168. The first kappa shape index (κ1) is 35.3. The predicted molar refractivity (Wildman–Crippen MR) is 219 cm³/mol. The highest BCUT2D eigenvalue weighted by Crippen LogP contribution is 2.68. The SMILES string of the molecule is [2H]C([2H])([2H])OC(=O)[C@@]1(c2cc3c(cc2OC)N(C)C2[C@]34CCN3CC=C[C@](CC)([C@@H]34)[C@@H](OC(C)=O)[C@]2(O)C(=O)OC)C[C@H]2C=C(CC)CN(CCc3c1[nH]c1ccccc31)C2. The van der Waals surface area contributed by atoms with Crippen molar-refractivity contribution in [2.24, 2.45) is 11.3 Å². The maximum Gasteiger partial charge on any atom is 0.344 e. The number of ether oxygens (including phenoxy) is 4. The van der Waals surface area contributed by atoms with Gasteiger partial charge in [-0.15, -0.1) is 0 Å². The summed E-state index contributed by atoms with van der Waals surface area (Å²) in [6, 6.07) is 10.3. The molecule has 0 radical (unpaired) electrons. The minimum atomic E-state index is -3.07. The molecule has 1 saturated carbocycles. The van der Waals surface area contributed by atoms with E-state index in [2.05, 4.69) is 27.8 Å². The lowest BCUT2D eigenvalue weighted by Gasteiger charge is -2.63. The van der Waals surface area contributed by atoms with E-state index in [0.29, 0.717) is 61.6 Å². The average molecular weight is 796 g/mol. The number of rotatable bonds is 7. The van der Waals surface area contributed by atoms with Gasteiger partial charge in [-0.05, 0) is 67.8 Å². The predicted octanol–water partition coefficient (Wildman–Crippen LogP) is 4.80. The Balaban J connectivity index is 1.39. The molecule has 1 spiro atoms. The Kier molecular flexibility index (Phi) is 8.34. The molecular formula is C46H56N4O8. The zero-order chi connectivity index (χ0) is 43.4. The Morgan fingerprint density at radius 3 is 2.59 bits per heavy atom. The average Bonchev–Trinajstić information content (AvgIpc) is 3.89. The summed E-state index contributed by atoms with van der Waals surface area (Å²) >= 11 is 0. The zero-order valence-electron chi connectivity index (χ0n) is 37.2. The second-order valence-corrected chi connectivity index (χ2v) is 17.4. The van der Waals surface area contributed by atoms with Crippen molar-refractivity contribution in [1.82, 2.24) is 14.8 Å². The number of carbonyl (C=O) groups is 3. The lowest BCUT2D eigenvalue weighted by molar-refractivity contribution is -0.228. The van der Waals surface area contributed by atoms with Gasteiger partial charge in [0.25, 0.3) is 0 Å². The summed E-state index contributed by atoms with van der Waals surface area (Å²) < 4.78 is 48.5. The number of anilines is 1. The fourth-order valence-electron chi connectivity index (χ4n) is 12.9. The highest BCUT2D eigenvalue weighted by atomic mass is 16.6. The monoisotopic (exact) mass is 795 g/mol. The molecule has 5 aliphatic heterocycles. The van der Waals surface area contributed by atoms with Crippen LogP contribution in [-0.2, 0) is 45.8 Å². The third-order valence-corrected chi connectivity index (χ3v) is 15.0. The molecule has 308 valence electrons. The molecule has 1 saturated heterocycles. The van der Waals surface area contributed by atoms with Crippen molar-refractivity contribution in [1.29, 1.82) is 0 Å². The summed E-state index contributed by atoms with van der Waals surface area (Å²) in [5.41, 5.74) is -0.782. The Bertz CT molecular complexity index is 2380. The number of nitrogens with one attached hydrogen (secondary N) is 1. The topological polar surface area (TPSA) is 134 Å². The molecule has 9 rings (SSSR count). The number of fused-ring (bicyclic) bond motifs is 6. The second kappa shape index (κ2) is 13.7. The number of nitrogens with zero attached hydrogens (tertiary/aromatic N) is 3. The first-order valence-electron chi connectivity index (χ1n) is 22.1. The molecule has 2 bridgehead atoms. The van der Waals surface area contributed by atoms with Crippen LogP contribution in [0.15, 0.2) is 60.2 Å². The van der Waals surface area contributed by atoms with Crippen molar-refractivity contribution in [2.75, 3.05) is 65.9 Å². The Labute approximate surface area is 344 Å². The third-order valence-electron chi connectivity index (χ3n) is 15.0. The molecule has 2 unspecified atom stereocenters. The van der Waals surface area contributed by atoms with E-state index in [0.717, 1.165) is 41.5 Å². The number of benzene rings is 2. The van der Waals surface area contributed by atoms with Gasteiger partial charge in [-0.1, -0.05) is 55.8 Å². The summed E-state index contributed by atoms with van der Waals surface area (Å²) in [5.74, 6) is -2.35. The van der Waals surface area contributed by atoms with Gasteiger partial charge in [0.05, 0.1) is 31.4 Å². The highest BCUT2D eigenvalue weighted by Gasteiger charge is 2.80. The van der Waals surface area contributed by atoms with E-state index in [1.165, 1.54) is 26.7 Å². The lowest BCUT2D eigenvalue weighted by Crippen LogP contribution is -2.81. The number of esters is 3. The summed E-state index contributed by atoms with van der Waals surface area (Å²) in [4.78, 5) is 53.3. The van der Waals surface area contributed by atoms with E-state index in [1.807, 2.05) is 67.4 Å². The first-order valence-corrected chi connectivity index (χ1v) is 20.6. The Morgan fingerprint density at radius 1 is 1.05 bits per heavy atom. The first-order chi connectivity index (χ1) is 29.0. The van der Waals surface area contributed by atoms with E-state index in [9.17, 15) is 14.7 Å². The molecule has 1 aliphatic carbocycles. The van der Waals surface area contributed by atoms with Crippen LogP contribution in [0.25, 0.3) is 10.9 Å². The summed E-state index contributed by atoms with van der Waals surface area (Å²) in [6.07, 6.45) is 7.46. The summed E-state index contributed by atoms with van der Waals surface area (Å²) in [6.45, 7) is 8.78. The molecular weight excluding hydrogens is 737 g/mol. The maximum atomic E-state index is 15.6. The van der Waals surface area contributed by atoms with Crippen LogP contribution >= 0.6 is 0 Å². The van der Waals surface area contributed by atoms with Gasteiger partial charge >= 0.3 is 17.9 Å². The van der Waals surface area contributed by atoms with Gasteiger partial charge in [-0.3, -0.25) is 19.4 Å². The number of aromatic amines is 1. The van der Waals surface area contributed by atoms with E-state index in [-0.39, 0.29) is 18.4 Å². The van der Waals surface area contributed by atoms with Crippen molar-refractivity contribution in [2.45, 2.75) is 87.5 Å². The molecule has 2 fully saturated rings. The number of carbonyl (C=O) groups excluding carboxylic acids is 3. The molecule has 1 aromatic heterocycles. The van der Waals surface area contributed by atoms with Crippen LogP contribution in [0.2, 0.25) is 0 Å². The van der Waals surface area contributed by atoms with E-state index in [4.69, 9.17) is 23.1 Å². The van der Waals surface area contributed by atoms with Gasteiger partial charge in [-0.2, -0.15) is 0 Å². The number of H-pyrrole nitrogens is 1. The number of para-hydroxylation sites is 1. The lowest BCUT2D eigenvalue weighted by atomic mass is 9.47. The van der Waals surface area contributed by atoms with Gasteiger partial charge in [0, 0.05) is 90.9 Å². The van der Waals surface area contributed by atoms with E-state index < -0.39 is 58.9 Å². The molecule has 2 N–H and O–H groups in total. The van der Waals surface area contributed by atoms with Crippen LogP contribution in [0, 0.1) is 11.3 Å². The van der Waals surface area contributed by atoms with Crippen LogP contribution in [0.1, 0.15) is 73.0 Å². The normalized spacial score (nSPS) is 35.7. The van der Waals surface area contributed by atoms with Crippen LogP contribution in [-0.4, -0.2) is 123 Å². The minimum Gasteiger partial charge on any atom is -0.496 e. The van der Waals surface area contributed by atoms with Crippen molar-refractivity contribution in [3.63, 3.8) is 0 Å². The summed E-state index contributed by atoms with van der Waals surface area (Å²) in [7, 11) is 1.50. The van der Waals surface area contributed by atoms with Crippen LogP contribution in [0.3, 0.4) is 0 Å². The zero-order valence-corrected chi connectivity index (χ0v) is 34.2. The van der Waals surface area contributed by atoms with Crippen LogP contribution < -0.4 is 9.64 Å². The van der Waals surface area contributed by atoms with Crippen molar-refractivity contribution >= 4 is 34.5 Å². The number of hydrogen-bond donors (Lipinski definition) is 2. The van der Waals surface area contributed by atoms with Crippen molar-refractivity contribution in [3.8, 4) is 5.75 Å². The van der Waals surface area contributed by atoms with Crippen LogP contribution in [0.5, 0.6) is 5.75 Å². The van der Waals surface area contributed by atoms with Crippen molar-refractivity contribution in [3.05, 3.63) is 82.6 Å². The highest BCUT2D eigenvalue weighted by molar-refractivity contribution is 5.95. The van der Waals surface area contributed by atoms with Gasteiger partial charge < -0.3 is 33.9 Å². The second-order valence-electron chi connectivity index (χ2n) is 17.4. The molecule has 12 nitrogen and oxygen atoms in total. The van der Waals surface area contributed by atoms with Crippen LogP contribution in [0.4, 0.5) is 5.69 Å². The van der Waals surface area contributed by atoms with Gasteiger partial charge in [0.2, 0.25) is 5.60 Å². The Hall–Kier alpha value is -4.65. The number of methoxy groups -OCH3 is 3. The summed E-state index contributed by atoms with van der Waals surface area (Å²) in [5, 5.41) is 14.3.